The number of para-hydroxylation sites is 1. The van der Waals surface area contributed by atoms with Crippen LogP contribution in [0.2, 0.25) is 0 Å². The van der Waals surface area contributed by atoms with Crippen molar-refractivity contribution in [1.29, 1.82) is 0 Å². The van der Waals surface area contributed by atoms with Crippen LogP contribution in [0, 0.1) is 18.6 Å². The molecule has 3 rings (SSSR count). The van der Waals surface area contributed by atoms with Crippen molar-refractivity contribution in [2.75, 3.05) is 5.32 Å². The largest absolute Gasteiger partial charge is 0.441 e. The number of hydrogen-bond acceptors (Lipinski definition) is 3. The Balaban J connectivity index is 1.78. The zero-order valence-corrected chi connectivity index (χ0v) is 11.7. The number of halogens is 2. The summed E-state index contributed by atoms with van der Waals surface area (Å²) >= 11 is 0. The summed E-state index contributed by atoms with van der Waals surface area (Å²) in [6.07, 6.45) is -0.0182. The summed E-state index contributed by atoms with van der Waals surface area (Å²) in [6, 6.07) is 8.54. The molecule has 1 amide bonds. The number of anilines is 1. The van der Waals surface area contributed by atoms with Gasteiger partial charge in [0.25, 0.3) is 0 Å². The van der Waals surface area contributed by atoms with Crippen LogP contribution in [0.1, 0.15) is 11.5 Å². The summed E-state index contributed by atoms with van der Waals surface area (Å²) in [5, 5.41) is 2.25. The molecule has 22 heavy (non-hydrogen) atoms. The predicted molar refractivity (Wildman–Crippen MR) is 77.4 cm³/mol. The van der Waals surface area contributed by atoms with Gasteiger partial charge in [-0.3, -0.25) is 4.79 Å². The first-order valence-electron chi connectivity index (χ1n) is 6.63. The van der Waals surface area contributed by atoms with Crippen molar-refractivity contribution in [2.45, 2.75) is 13.3 Å². The number of benzene rings is 2. The van der Waals surface area contributed by atoms with Gasteiger partial charge in [0.15, 0.2) is 11.5 Å². The van der Waals surface area contributed by atoms with E-state index in [9.17, 15) is 13.6 Å². The Morgan fingerprint density at radius 2 is 1.95 bits per heavy atom. The van der Waals surface area contributed by atoms with Crippen molar-refractivity contribution in [3.05, 3.63) is 59.5 Å². The number of amides is 1. The summed E-state index contributed by atoms with van der Waals surface area (Å²) in [5.74, 6) is -1.60. The second kappa shape index (κ2) is 5.55. The number of hydrogen-bond donors (Lipinski definition) is 1. The molecule has 112 valence electrons. The smallest absolute Gasteiger partial charge is 0.228 e. The summed E-state index contributed by atoms with van der Waals surface area (Å²) in [6.45, 7) is 1.73. The standard InChI is InChI=1S/C16H12F2N2O2/c1-9-19-13-7-10(5-6-14(13)22-9)8-15(21)20-16-11(17)3-2-4-12(16)18/h2-7H,8H2,1H3,(H,20,21). The van der Waals surface area contributed by atoms with Crippen LogP contribution in [-0.2, 0) is 11.2 Å². The van der Waals surface area contributed by atoms with E-state index in [1.807, 2.05) is 0 Å². The number of aromatic nitrogens is 1. The zero-order valence-electron chi connectivity index (χ0n) is 11.7. The number of fused-ring (bicyclic) bond motifs is 1. The minimum atomic E-state index is -0.809. The van der Waals surface area contributed by atoms with Crippen LogP contribution >= 0.6 is 0 Å². The van der Waals surface area contributed by atoms with Gasteiger partial charge in [-0.25, -0.2) is 13.8 Å². The van der Waals surface area contributed by atoms with E-state index in [2.05, 4.69) is 10.3 Å². The molecule has 0 saturated heterocycles. The monoisotopic (exact) mass is 302 g/mol. The maximum absolute atomic E-state index is 13.5. The number of oxazole rings is 1. The van der Waals surface area contributed by atoms with Gasteiger partial charge in [0.1, 0.15) is 22.8 Å². The van der Waals surface area contributed by atoms with Gasteiger partial charge in [0.05, 0.1) is 6.42 Å². The molecule has 1 aromatic heterocycles. The van der Waals surface area contributed by atoms with E-state index >= 15 is 0 Å². The molecule has 0 saturated carbocycles. The van der Waals surface area contributed by atoms with Crippen LogP contribution in [0.25, 0.3) is 11.1 Å². The van der Waals surface area contributed by atoms with Gasteiger partial charge in [-0.2, -0.15) is 0 Å². The first-order chi connectivity index (χ1) is 10.5. The summed E-state index contributed by atoms with van der Waals surface area (Å²) in [4.78, 5) is 16.1. The normalized spacial score (nSPS) is 10.9. The Hall–Kier alpha value is -2.76. The summed E-state index contributed by atoms with van der Waals surface area (Å²) in [5.41, 5.74) is 1.50. The molecule has 0 bridgehead atoms. The zero-order chi connectivity index (χ0) is 15.7. The van der Waals surface area contributed by atoms with Gasteiger partial charge < -0.3 is 9.73 Å². The van der Waals surface area contributed by atoms with E-state index < -0.39 is 23.2 Å². The number of aryl methyl sites for hydroxylation is 1. The molecule has 1 N–H and O–H groups in total. The Morgan fingerprint density at radius 1 is 1.23 bits per heavy atom. The molecule has 0 aliphatic heterocycles. The molecular formula is C16H12F2N2O2. The Kier molecular flexibility index (Phi) is 3.58. The highest BCUT2D eigenvalue weighted by Gasteiger charge is 2.13. The van der Waals surface area contributed by atoms with Crippen molar-refractivity contribution in [1.82, 2.24) is 4.98 Å². The van der Waals surface area contributed by atoms with Crippen LogP contribution in [0.3, 0.4) is 0 Å². The van der Waals surface area contributed by atoms with Crippen LogP contribution in [0.5, 0.6) is 0 Å². The molecule has 6 heteroatoms. The molecule has 0 atom stereocenters. The van der Waals surface area contributed by atoms with Gasteiger partial charge in [-0.05, 0) is 29.8 Å². The van der Waals surface area contributed by atoms with Crippen LogP contribution < -0.4 is 5.32 Å². The SMILES string of the molecule is Cc1nc2cc(CC(=O)Nc3c(F)cccc3F)ccc2o1. The van der Waals surface area contributed by atoms with Crippen molar-refractivity contribution in [3.63, 3.8) is 0 Å². The fraction of sp³-hybridized carbons (Fsp3) is 0.125. The number of nitrogens with zero attached hydrogens (tertiary/aromatic N) is 1. The van der Waals surface area contributed by atoms with E-state index in [4.69, 9.17) is 4.42 Å². The number of carbonyl (C=O) groups is 1. The molecule has 4 nitrogen and oxygen atoms in total. The number of rotatable bonds is 3. The second-order valence-electron chi connectivity index (χ2n) is 4.86. The fourth-order valence-corrected chi connectivity index (χ4v) is 2.18. The lowest BCUT2D eigenvalue weighted by molar-refractivity contribution is -0.115. The highest BCUT2D eigenvalue weighted by atomic mass is 19.1. The van der Waals surface area contributed by atoms with Gasteiger partial charge in [0, 0.05) is 6.92 Å². The lowest BCUT2D eigenvalue weighted by Gasteiger charge is -2.07. The minimum absolute atomic E-state index is 0.0182. The molecule has 0 fully saturated rings. The molecule has 2 aromatic carbocycles. The first-order valence-corrected chi connectivity index (χ1v) is 6.63. The van der Waals surface area contributed by atoms with E-state index in [1.165, 1.54) is 6.07 Å². The van der Waals surface area contributed by atoms with Gasteiger partial charge >= 0.3 is 0 Å². The summed E-state index contributed by atoms with van der Waals surface area (Å²) < 4.78 is 32.3. The molecule has 0 unspecified atom stereocenters. The van der Waals surface area contributed by atoms with Gasteiger partial charge in [-0.15, -0.1) is 0 Å². The highest BCUT2D eigenvalue weighted by molar-refractivity contribution is 5.93. The quantitative estimate of drug-likeness (QED) is 0.804. The summed E-state index contributed by atoms with van der Waals surface area (Å²) in [7, 11) is 0. The second-order valence-corrected chi connectivity index (χ2v) is 4.86. The van der Waals surface area contributed by atoms with Crippen LogP contribution in [0.4, 0.5) is 14.5 Å². The van der Waals surface area contributed by atoms with E-state index in [1.54, 1.807) is 25.1 Å². The fourth-order valence-electron chi connectivity index (χ4n) is 2.18. The maximum atomic E-state index is 13.5. The predicted octanol–water partition coefficient (Wildman–Crippen LogP) is 3.60. The topological polar surface area (TPSA) is 55.1 Å². The van der Waals surface area contributed by atoms with Gasteiger partial charge in [-0.1, -0.05) is 12.1 Å². The van der Waals surface area contributed by atoms with Crippen molar-refractivity contribution >= 4 is 22.7 Å². The minimum Gasteiger partial charge on any atom is -0.441 e. The molecular weight excluding hydrogens is 290 g/mol. The van der Waals surface area contributed by atoms with Crippen molar-refractivity contribution in [3.8, 4) is 0 Å². The van der Waals surface area contributed by atoms with Crippen molar-refractivity contribution in [2.24, 2.45) is 0 Å². The van der Waals surface area contributed by atoms with E-state index in [0.717, 1.165) is 12.1 Å². The third kappa shape index (κ3) is 2.81. The molecule has 0 radical (unpaired) electrons. The van der Waals surface area contributed by atoms with E-state index in [-0.39, 0.29) is 6.42 Å². The highest BCUT2D eigenvalue weighted by Crippen LogP contribution is 2.20. The maximum Gasteiger partial charge on any atom is 0.228 e. The third-order valence-electron chi connectivity index (χ3n) is 3.15. The van der Waals surface area contributed by atoms with Crippen LogP contribution in [0.15, 0.2) is 40.8 Å². The average Bonchev–Trinajstić information content (AvgIpc) is 2.82. The lowest BCUT2D eigenvalue weighted by Crippen LogP contribution is -2.16. The Labute approximate surface area is 124 Å². The molecule has 0 aliphatic rings. The molecule has 0 aliphatic carbocycles. The third-order valence-corrected chi connectivity index (χ3v) is 3.15. The first kappa shape index (κ1) is 14.2. The number of nitrogens with one attached hydrogen (secondary N) is 1. The molecule has 1 heterocycles. The average molecular weight is 302 g/mol. The van der Waals surface area contributed by atoms with Crippen LogP contribution in [-0.4, -0.2) is 10.9 Å². The van der Waals surface area contributed by atoms with Gasteiger partial charge in [0.2, 0.25) is 5.91 Å². The molecule has 3 aromatic rings. The Bertz CT molecular complexity index is 838. The molecule has 0 spiro atoms. The lowest BCUT2D eigenvalue weighted by atomic mass is 10.1. The van der Waals surface area contributed by atoms with Crippen molar-refractivity contribution < 1.29 is 18.0 Å². The number of carbonyl (C=O) groups excluding carboxylic acids is 1. The van der Waals surface area contributed by atoms with E-state index in [0.29, 0.717) is 22.6 Å². The Morgan fingerprint density at radius 3 is 2.68 bits per heavy atom.